The summed E-state index contributed by atoms with van der Waals surface area (Å²) in [6.07, 6.45) is 0.942. The monoisotopic (exact) mass is 292 g/mol. The zero-order chi connectivity index (χ0) is 14.4. The molecule has 0 aliphatic carbocycles. The molecule has 1 heterocycles. The molecule has 0 bridgehead atoms. The molecule has 4 nitrogen and oxygen atoms in total. The molecule has 0 unspecified atom stereocenters. The lowest BCUT2D eigenvalue weighted by atomic mass is 10.2. The highest BCUT2D eigenvalue weighted by Gasteiger charge is 2.05. The minimum absolute atomic E-state index is 0.538. The molecule has 20 heavy (non-hydrogen) atoms. The average Bonchev–Trinajstić information content (AvgIpc) is 2.77. The molecule has 1 aromatic carbocycles. The highest BCUT2D eigenvalue weighted by atomic mass is 32.2. The lowest BCUT2D eigenvalue weighted by molar-refractivity contribution is 0.318. The first kappa shape index (κ1) is 14.9. The minimum Gasteiger partial charge on any atom is -0.494 e. The highest BCUT2D eigenvalue weighted by molar-refractivity contribution is 7.99. The molecule has 0 saturated carbocycles. The van der Waals surface area contributed by atoms with Gasteiger partial charge < -0.3 is 14.9 Å². The summed E-state index contributed by atoms with van der Waals surface area (Å²) in [4.78, 5) is 4.33. The van der Waals surface area contributed by atoms with Crippen LogP contribution in [0.2, 0.25) is 0 Å². The van der Waals surface area contributed by atoms with Crippen molar-refractivity contribution in [2.24, 2.45) is 5.73 Å². The molecule has 5 heteroatoms. The molecule has 2 aromatic rings. The van der Waals surface area contributed by atoms with Crippen molar-refractivity contribution in [3.63, 3.8) is 0 Å². The highest BCUT2D eigenvalue weighted by Crippen LogP contribution is 2.21. The van der Waals surface area contributed by atoms with E-state index in [0.717, 1.165) is 40.2 Å². The molecule has 2 rings (SSSR count). The van der Waals surface area contributed by atoms with Crippen molar-refractivity contribution in [2.75, 3.05) is 12.4 Å². The van der Waals surface area contributed by atoms with E-state index in [-0.39, 0.29) is 0 Å². The molecule has 0 atom stereocenters. The molecular formula is C15H20N2O2S. The lowest BCUT2D eigenvalue weighted by Gasteiger charge is -2.06. The molecule has 0 aliphatic heterocycles. The topological polar surface area (TPSA) is 61.3 Å². The number of rotatable bonds is 7. The second kappa shape index (κ2) is 7.36. The van der Waals surface area contributed by atoms with Crippen LogP contribution < -0.4 is 10.5 Å². The van der Waals surface area contributed by atoms with Crippen LogP contribution >= 0.6 is 11.8 Å². The van der Waals surface area contributed by atoms with Crippen LogP contribution in [0.3, 0.4) is 0 Å². The zero-order valence-electron chi connectivity index (χ0n) is 11.9. The van der Waals surface area contributed by atoms with Crippen LogP contribution in [0.4, 0.5) is 0 Å². The van der Waals surface area contributed by atoms with E-state index in [2.05, 4.69) is 4.98 Å². The summed E-state index contributed by atoms with van der Waals surface area (Å²) in [5, 5.41) is 0.741. The van der Waals surface area contributed by atoms with Gasteiger partial charge in [-0.3, -0.25) is 0 Å². The van der Waals surface area contributed by atoms with Crippen molar-refractivity contribution in [3.05, 3.63) is 41.3 Å². The van der Waals surface area contributed by atoms with Crippen LogP contribution in [0.15, 0.2) is 33.9 Å². The third-order valence-corrected chi connectivity index (χ3v) is 3.84. The Bertz CT molecular complexity index is 535. The Kier molecular flexibility index (Phi) is 5.49. The maximum Gasteiger partial charge on any atom is 0.256 e. The number of hydrogen-bond acceptors (Lipinski definition) is 5. The standard InChI is InChI=1S/C15H20N2O2S/c1-11-12(2)19-15(17-11)20-8-4-7-18-14-6-3-5-13(9-14)10-16/h3,5-6,9H,4,7-8,10,16H2,1-2H3. The fraction of sp³-hybridized carbons (Fsp3) is 0.400. The number of hydrogen-bond donors (Lipinski definition) is 1. The van der Waals surface area contributed by atoms with Gasteiger partial charge in [0.2, 0.25) is 0 Å². The SMILES string of the molecule is Cc1nc(SCCCOc2cccc(CN)c2)oc1C. The number of oxazole rings is 1. The maximum absolute atomic E-state index is 5.70. The fourth-order valence-corrected chi connectivity index (χ4v) is 2.50. The van der Waals surface area contributed by atoms with Gasteiger partial charge in [-0.05, 0) is 38.0 Å². The van der Waals surface area contributed by atoms with Gasteiger partial charge in [0, 0.05) is 12.3 Å². The van der Waals surface area contributed by atoms with E-state index < -0.39 is 0 Å². The number of aromatic nitrogens is 1. The van der Waals surface area contributed by atoms with Gasteiger partial charge in [0.1, 0.15) is 11.5 Å². The second-order valence-electron chi connectivity index (χ2n) is 4.52. The Morgan fingerprint density at radius 1 is 1.35 bits per heavy atom. The minimum atomic E-state index is 0.538. The molecule has 0 radical (unpaired) electrons. The fourth-order valence-electron chi connectivity index (χ4n) is 1.68. The van der Waals surface area contributed by atoms with Crippen LogP contribution in [0, 0.1) is 13.8 Å². The molecule has 0 fully saturated rings. The quantitative estimate of drug-likeness (QED) is 0.626. The summed E-state index contributed by atoms with van der Waals surface area (Å²) in [5.41, 5.74) is 7.64. The number of ether oxygens (including phenoxy) is 1. The average molecular weight is 292 g/mol. The van der Waals surface area contributed by atoms with Crippen molar-refractivity contribution in [1.82, 2.24) is 4.98 Å². The Morgan fingerprint density at radius 2 is 2.20 bits per heavy atom. The third kappa shape index (κ3) is 4.28. The molecule has 0 saturated heterocycles. The molecular weight excluding hydrogens is 272 g/mol. The molecule has 0 spiro atoms. The zero-order valence-corrected chi connectivity index (χ0v) is 12.7. The summed E-state index contributed by atoms with van der Waals surface area (Å²) in [5.74, 6) is 2.69. The van der Waals surface area contributed by atoms with E-state index in [9.17, 15) is 0 Å². The van der Waals surface area contributed by atoms with E-state index >= 15 is 0 Å². The normalized spacial score (nSPS) is 10.8. The number of nitrogens with two attached hydrogens (primary N) is 1. The van der Waals surface area contributed by atoms with Gasteiger partial charge >= 0.3 is 0 Å². The van der Waals surface area contributed by atoms with Gasteiger partial charge in [-0.25, -0.2) is 4.98 Å². The summed E-state index contributed by atoms with van der Waals surface area (Å²) >= 11 is 1.62. The van der Waals surface area contributed by atoms with E-state index in [1.165, 1.54) is 0 Å². The van der Waals surface area contributed by atoms with Crippen LogP contribution in [-0.4, -0.2) is 17.3 Å². The van der Waals surface area contributed by atoms with Gasteiger partial charge in [-0.1, -0.05) is 23.9 Å². The molecule has 1 aromatic heterocycles. The maximum atomic E-state index is 5.70. The summed E-state index contributed by atoms with van der Waals surface area (Å²) in [6, 6.07) is 7.89. The van der Waals surface area contributed by atoms with E-state index in [4.69, 9.17) is 14.9 Å². The van der Waals surface area contributed by atoms with Crippen LogP contribution in [0.5, 0.6) is 5.75 Å². The van der Waals surface area contributed by atoms with E-state index in [0.29, 0.717) is 13.2 Å². The number of nitrogens with zero attached hydrogens (tertiary/aromatic N) is 1. The van der Waals surface area contributed by atoms with Gasteiger partial charge in [-0.15, -0.1) is 0 Å². The lowest BCUT2D eigenvalue weighted by Crippen LogP contribution is -2.00. The Morgan fingerprint density at radius 3 is 2.90 bits per heavy atom. The number of aryl methyl sites for hydroxylation is 2. The first-order valence-corrected chi connectivity index (χ1v) is 7.66. The summed E-state index contributed by atoms with van der Waals surface area (Å²) < 4.78 is 11.2. The van der Waals surface area contributed by atoms with Crippen molar-refractivity contribution >= 4 is 11.8 Å². The Labute approximate surface area is 123 Å². The predicted molar refractivity (Wildman–Crippen MR) is 81.1 cm³/mol. The number of thioether (sulfide) groups is 1. The smallest absolute Gasteiger partial charge is 0.256 e. The first-order chi connectivity index (χ1) is 9.69. The Balaban J connectivity index is 1.68. The van der Waals surface area contributed by atoms with Gasteiger partial charge in [-0.2, -0.15) is 0 Å². The van der Waals surface area contributed by atoms with Crippen molar-refractivity contribution < 1.29 is 9.15 Å². The Hall–Kier alpha value is -1.46. The third-order valence-electron chi connectivity index (χ3n) is 2.93. The largest absolute Gasteiger partial charge is 0.494 e. The van der Waals surface area contributed by atoms with Gasteiger partial charge in [0.15, 0.2) is 0 Å². The van der Waals surface area contributed by atoms with E-state index in [1.807, 2.05) is 38.1 Å². The summed E-state index contributed by atoms with van der Waals surface area (Å²) in [6.45, 7) is 5.10. The van der Waals surface area contributed by atoms with Crippen molar-refractivity contribution in [1.29, 1.82) is 0 Å². The van der Waals surface area contributed by atoms with Gasteiger partial charge in [0.05, 0.1) is 12.3 Å². The van der Waals surface area contributed by atoms with Gasteiger partial charge in [0.25, 0.3) is 5.22 Å². The van der Waals surface area contributed by atoms with Crippen LogP contribution in [0.1, 0.15) is 23.4 Å². The number of benzene rings is 1. The first-order valence-electron chi connectivity index (χ1n) is 6.67. The molecule has 108 valence electrons. The summed E-state index contributed by atoms with van der Waals surface area (Å²) in [7, 11) is 0. The molecule has 0 amide bonds. The molecule has 0 aliphatic rings. The van der Waals surface area contributed by atoms with E-state index in [1.54, 1.807) is 11.8 Å². The predicted octanol–water partition coefficient (Wildman–Crippen LogP) is 3.31. The van der Waals surface area contributed by atoms with Crippen molar-refractivity contribution in [2.45, 2.75) is 32.0 Å². The van der Waals surface area contributed by atoms with Crippen LogP contribution in [-0.2, 0) is 6.54 Å². The van der Waals surface area contributed by atoms with Crippen LogP contribution in [0.25, 0.3) is 0 Å². The molecule has 2 N–H and O–H groups in total. The van der Waals surface area contributed by atoms with Crippen molar-refractivity contribution in [3.8, 4) is 5.75 Å². The second-order valence-corrected chi connectivity index (χ2v) is 5.57.